The number of hydrogen-bond donors (Lipinski definition) is 1. The Balaban J connectivity index is 2.33. The largest absolute Gasteiger partial charge is 0.497 e. The molecule has 13 heavy (non-hydrogen) atoms. The number of aromatic nitrogens is 2. The Morgan fingerprint density at radius 1 is 1.23 bits per heavy atom. The maximum Gasteiger partial charge on any atom is 0.118 e. The summed E-state index contributed by atoms with van der Waals surface area (Å²) in [5, 5.41) is 0. The Morgan fingerprint density at radius 2 is 2.00 bits per heavy atom. The maximum absolute atomic E-state index is 5.06. The van der Waals surface area contributed by atoms with Crippen molar-refractivity contribution in [3.63, 3.8) is 0 Å². The first-order chi connectivity index (χ1) is 6.40. The van der Waals surface area contributed by atoms with E-state index >= 15 is 0 Å². The first-order valence-corrected chi connectivity index (χ1v) is 4.03. The number of ether oxygens (including phenoxy) is 1. The number of nitrogens with one attached hydrogen (secondary N) is 1. The van der Waals surface area contributed by atoms with Crippen LogP contribution in [-0.4, -0.2) is 17.1 Å². The lowest BCUT2D eigenvalue weighted by Gasteiger charge is -2.00. The van der Waals surface area contributed by atoms with Gasteiger partial charge in [-0.1, -0.05) is 0 Å². The Bertz CT molecular complexity index is 364. The molecule has 1 aromatic heterocycles. The second-order valence-corrected chi connectivity index (χ2v) is 2.69. The van der Waals surface area contributed by atoms with Gasteiger partial charge in [0, 0.05) is 0 Å². The lowest BCUT2D eigenvalue weighted by atomic mass is 10.2. The zero-order valence-corrected chi connectivity index (χ0v) is 7.32. The van der Waals surface area contributed by atoms with Crippen LogP contribution >= 0.6 is 0 Å². The molecule has 0 atom stereocenters. The fourth-order valence-corrected chi connectivity index (χ4v) is 1.18. The predicted molar refractivity (Wildman–Crippen MR) is 50.6 cm³/mol. The van der Waals surface area contributed by atoms with Crippen LogP contribution in [0.25, 0.3) is 11.3 Å². The molecule has 0 saturated carbocycles. The molecular formula is C10H10N2O. The molecule has 66 valence electrons. The second-order valence-electron chi connectivity index (χ2n) is 2.69. The van der Waals surface area contributed by atoms with E-state index in [4.69, 9.17) is 4.74 Å². The van der Waals surface area contributed by atoms with Crippen LogP contribution in [0.1, 0.15) is 0 Å². The molecule has 2 aromatic rings. The van der Waals surface area contributed by atoms with Gasteiger partial charge in [-0.25, -0.2) is 4.98 Å². The first kappa shape index (κ1) is 7.86. The molecule has 0 saturated heterocycles. The van der Waals surface area contributed by atoms with Crippen molar-refractivity contribution in [3.05, 3.63) is 36.8 Å². The Morgan fingerprint density at radius 3 is 2.54 bits per heavy atom. The Kier molecular flexibility index (Phi) is 2.00. The van der Waals surface area contributed by atoms with Crippen LogP contribution in [0.3, 0.4) is 0 Å². The highest BCUT2D eigenvalue weighted by Crippen LogP contribution is 2.19. The van der Waals surface area contributed by atoms with Crippen molar-refractivity contribution in [1.82, 2.24) is 9.97 Å². The summed E-state index contributed by atoms with van der Waals surface area (Å²) >= 11 is 0. The van der Waals surface area contributed by atoms with Gasteiger partial charge in [-0.15, -0.1) is 0 Å². The summed E-state index contributed by atoms with van der Waals surface area (Å²) in [6.07, 6.45) is 3.46. The van der Waals surface area contributed by atoms with Gasteiger partial charge in [-0.2, -0.15) is 0 Å². The van der Waals surface area contributed by atoms with Crippen molar-refractivity contribution in [2.24, 2.45) is 0 Å². The SMILES string of the molecule is COc1ccc(-c2cnc[nH]2)cc1. The molecule has 1 aromatic carbocycles. The second kappa shape index (κ2) is 3.31. The number of methoxy groups -OCH3 is 1. The lowest BCUT2D eigenvalue weighted by Crippen LogP contribution is -1.82. The van der Waals surface area contributed by atoms with Crippen LogP contribution in [0.2, 0.25) is 0 Å². The molecule has 0 fully saturated rings. The fourth-order valence-electron chi connectivity index (χ4n) is 1.18. The number of rotatable bonds is 2. The summed E-state index contributed by atoms with van der Waals surface area (Å²) < 4.78 is 5.06. The zero-order valence-electron chi connectivity index (χ0n) is 7.32. The third-order valence-corrected chi connectivity index (χ3v) is 1.90. The Hall–Kier alpha value is -1.77. The molecule has 0 aliphatic rings. The zero-order chi connectivity index (χ0) is 9.10. The van der Waals surface area contributed by atoms with Gasteiger partial charge in [-0.05, 0) is 29.8 Å². The standard InChI is InChI=1S/C10H10N2O/c1-13-9-4-2-8(3-5-9)10-6-11-7-12-10/h2-7H,1H3,(H,11,12). The molecule has 0 aliphatic heterocycles. The molecule has 0 amide bonds. The third kappa shape index (κ3) is 1.54. The summed E-state index contributed by atoms with van der Waals surface area (Å²) in [7, 11) is 1.66. The molecule has 1 N–H and O–H groups in total. The molecule has 0 bridgehead atoms. The summed E-state index contributed by atoms with van der Waals surface area (Å²) in [4.78, 5) is 6.99. The third-order valence-electron chi connectivity index (χ3n) is 1.90. The minimum absolute atomic E-state index is 0.864. The van der Waals surface area contributed by atoms with E-state index in [1.165, 1.54) is 0 Å². The topological polar surface area (TPSA) is 37.9 Å². The number of hydrogen-bond acceptors (Lipinski definition) is 2. The van der Waals surface area contributed by atoms with E-state index < -0.39 is 0 Å². The Labute approximate surface area is 76.4 Å². The highest BCUT2D eigenvalue weighted by molar-refractivity contribution is 5.58. The van der Waals surface area contributed by atoms with Gasteiger partial charge in [-0.3, -0.25) is 0 Å². The highest BCUT2D eigenvalue weighted by Gasteiger charge is 1.97. The minimum Gasteiger partial charge on any atom is -0.497 e. The van der Waals surface area contributed by atoms with E-state index in [0.717, 1.165) is 17.0 Å². The van der Waals surface area contributed by atoms with Crippen LogP contribution in [0.15, 0.2) is 36.8 Å². The number of nitrogens with zero attached hydrogens (tertiary/aromatic N) is 1. The van der Waals surface area contributed by atoms with Crippen LogP contribution in [0.5, 0.6) is 5.75 Å². The summed E-state index contributed by atoms with van der Waals surface area (Å²) in [6, 6.07) is 7.84. The summed E-state index contributed by atoms with van der Waals surface area (Å²) in [5.41, 5.74) is 2.13. The summed E-state index contributed by atoms with van der Waals surface area (Å²) in [6.45, 7) is 0. The van der Waals surface area contributed by atoms with Gasteiger partial charge in [0.2, 0.25) is 0 Å². The van der Waals surface area contributed by atoms with Gasteiger partial charge >= 0.3 is 0 Å². The molecule has 0 spiro atoms. The normalized spacial score (nSPS) is 9.92. The van der Waals surface area contributed by atoms with Crippen molar-refractivity contribution >= 4 is 0 Å². The van der Waals surface area contributed by atoms with Crippen LogP contribution in [-0.2, 0) is 0 Å². The maximum atomic E-state index is 5.06. The van der Waals surface area contributed by atoms with Crippen molar-refractivity contribution in [3.8, 4) is 17.0 Å². The molecule has 0 radical (unpaired) electrons. The molecule has 1 heterocycles. The molecule has 3 nitrogen and oxygen atoms in total. The van der Waals surface area contributed by atoms with Crippen LogP contribution < -0.4 is 4.74 Å². The molecule has 0 aliphatic carbocycles. The van der Waals surface area contributed by atoms with E-state index in [-0.39, 0.29) is 0 Å². The highest BCUT2D eigenvalue weighted by atomic mass is 16.5. The quantitative estimate of drug-likeness (QED) is 0.756. The first-order valence-electron chi connectivity index (χ1n) is 4.03. The number of H-pyrrole nitrogens is 1. The van der Waals surface area contributed by atoms with Gasteiger partial charge in [0.05, 0.1) is 25.3 Å². The van der Waals surface area contributed by atoms with Gasteiger partial charge in [0.15, 0.2) is 0 Å². The number of imidazole rings is 1. The van der Waals surface area contributed by atoms with Crippen LogP contribution in [0, 0.1) is 0 Å². The summed E-state index contributed by atoms with van der Waals surface area (Å²) in [5.74, 6) is 0.864. The van der Waals surface area contributed by atoms with Gasteiger partial charge < -0.3 is 9.72 Å². The van der Waals surface area contributed by atoms with E-state index in [0.29, 0.717) is 0 Å². The fraction of sp³-hybridized carbons (Fsp3) is 0.100. The van der Waals surface area contributed by atoms with Gasteiger partial charge in [0.25, 0.3) is 0 Å². The van der Waals surface area contributed by atoms with Gasteiger partial charge in [0.1, 0.15) is 5.75 Å². The number of aromatic amines is 1. The average molecular weight is 174 g/mol. The predicted octanol–water partition coefficient (Wildman–Crippen LogP) is 2.09. The monoisotopic (exact) mass is 174 g/mol. The van der Waals surface area contributed by atoms with E-state index in [1.807, 2.05) is 24.3 Å². The van der Waals surface area contributed by atoms with Crippen molar-refractivity contribution in [1.29, 1.82) is 0 Å². The minimum atomic E-state index is 0.864. The van der Waals surface area contributed by atoms with E-state index in [9.17, 15) is 0 Å². The van der Waals surface area contributed by atoms with E-state index in [1.54, 1.807) is 19.6 Å². The van der Waals surface area contributed by atoms with E-state index in [2.05, 4.69) is 9.97 Å². The van der Waals surface area contributed by atoms with Crippen molar-refractivity contribution in [2.45, 2.75) is 0 Å². The molecule has 2 rings (SSSR count). The number of benzene rings is 1. The van der Waals surface area contributed by atoms with Crippen molar-refractivity contribution < 1.29 is 4.74 Å². The lowest BCUT2D eigenvalue weighted by molar-refractivity contribution is 0.415. The molecule has 3 heteroatoms. The molecular weight excluding hydrogens is 164 g/mol. The average Bonchev–Trinajstić information content (AvgIpc) is 2.71. The smallest absolute Gasteiger partial charge is 0.118 e. The molecule has 0 unspecified atom stereocenters. The van der Waals surface area contributed by atoms with Crippen LogP contribution in [0.4, 0.5) is 0 Å². The van der Waals surface area contributed by atoms with Crippen molar-refractivity contribution in [2.75, 3.05) is 7.11 Å².